The smallest absolute Gasteiger partial charge is 0.411 e. The van der Waals surface area contributed by atoms with Gasteiger partial charge in [-0.1, -0.05) is 65.7 Å². The van der Waals surface area contributed by atoms with Crippen LogP contribution in [0.2, 0.25) is 10.0 Å². The Balaban J connectivity index is 0.00000183. The highest BCUT2D eigenvalue weighted by atomic mass is 35.5. The zero-order chi connectivity index (χ0) is 41.3. The molecule has 2 N–H and O–H groups in total. The maximum absolute atomic E-state index is 13.7. The van der Waals surface area contributed by atoms with Gasteiger partial charge in [0.05, 0.1) is 22.7 Å². The molecule has 0 aliphatic carbocycles. The van der Waals surface area contributed by atoms with E-state index >= 15 is 0 Å². The number of ether oxygens (including phenoxy) is 4. The van der Waals surface area contributed by atoms with E-state index in [0.717, 1.165) is 50.2 Å². The third-order valence-corrected chi connectivity index (χ3v) is 10.7. The zero-order valence-corrected chi connectivity index (χ0v) is 34.2. The van der Waals surface area contributed by atoms with Crippen LogP contribution < -0.4 is 19.5 Å². The molecule has 0 fully saturated rings. The average Bonchev–Trinajstić information content (AvgIpc) is 3.21. The van der Waals surface area contributed by atoms with E-state index in [2.05, 4.69) is 41.5 Å². The van der Waals surface area contributed by atoms with Crippen LogP contribution in [0.4, 0.5) is 4.79 Å². The van der Waals surface area contributed by atoms with Crippen LogP contribution in [0, 0.1) is 13.8 Å². The zero-order valence-electron chi connectivity index (χ0n) is 32.7. The largest absolute Gasteiger partial charge is 0.489 e. The molecule has 2 unspecified atom stereocenters. The van der Waals surface area contributed by atoms with Gasteiger partial charge in [0.1, 0.15) is 25.0 Å². The summed E-state index contributed by atoms with van der Waals surface area (Å²) >= 11 is 12.2. The summed E-state index contributed by atoms with van der Waals surface area (Å²) in [4.78, 5) is 41.3. The van der Waals surface area contributed by atoms with Gasteiger partial charge in [-0.25, -0.2) is 4.79 Å². The fourth-order valence-electron chi connectivity index (χ4n) is 6.84. The number of carbonyl (C=O) groups is 3. The van der Waals surface area contributed by atoms with Crippen molar-refractivity contribution in [2.45, 2.75) is 71.9 Å². The van der Waals surface area contributed by atoms with Crippen molar-refractivity contribution in [3.8, 4) is 28.4 Å². The number of rotatable bonds is 10. The summed E-state index contributed by atoms with van der Waals surface area (Å²) in [6.45, 7) is 8.72. The van der Waals surface area contributed by atoms with Gasteiger partial charge in [0, 0.05) is 24.9 Å². The minimum Gasteiger partial charge on any atom is -0.489 e. The summed E-state index contributed by atoms with van der Waals surface area (Å²) < 4.78 is 24.2. The first kappa shape index (κ1) is 41.8. The van der Waals surface area contributed by atoms with Crippen molar-refractivity contribution in [3.63, 3.8) is 0 Å². The van der Waals surface area contributed by atoms with Gasteiger partial charge < -0.3 is 29.4 Å². The van der Waals surface area contributed by atoms with Gasteiger partial charge in [-0.3, -0.25) is 19.5 Å². The van der Waals surface area contributed by atoms with E-state index in [0.29, 0.717) is 59.9 Å². The second-order valence-corrected chi connectivity index (χ2v) is 15.1. The number of carboxylic acid groups (broad SMARTS) is 1. The maximum Gasteiger partial charge on any atom is 0.411 e. The summed E-state index contributed by atoms with van der Waals surface area (Å²) in [6.07, 6.45) is 1.57. The molecule has 2 aliphatic rings. The van der Waals surface area contributed by atoms with Crippen LogP contribution in [-0.4, -0.2) is 58.8 Å². The van der Waals surface area contributed by atoms with Gasteiger partial charge in [0.15, 0.2) is 17.6 Å². The fraction of sp³-hybridized carbons (Fsp3) is 0.289. The molecule has 5 aromatic rings. The predicted molar refractivity (Wildman–Crippen MR) is 222 cm³/mol. The molecule has 1 aromatic heterocycles. The molecule has 0 bridgehead atoms. The van der Waals surface area contributed by atoms with Crippen molar-refractivity contribution in [3.05, 3.63) is 140 Å². The number of aromatic nitrogens is 1. The van der Waals surface area contributed by atoms with Crippen LogP contribution in [0.1, 0.15) is 59.0 Å². The van der Waals surface area contributed by atoms with E-state index < -0.39 is 12.1 Å². The molecular weight excluding hydrogens is 781 g/mol. The van der Waals surface area contributed by atoms with Gasteiger partial charge in [0.25, 0.3) is 6.47 Å². The summed E-state index contributed by atoms with van der Waals surface area (Å²) in [6, 6.07) is 26.6. The van der Waals surface area contributed by atoms with Crippen molar-refractivity contribution in [1.29, 1.82) is 0 Å². The molecule has 0 saturated heterocycles. The van der Waals surface area contributed by atoms with Crippen LogP contribution in [-0.2, 0) is 40.3 Å². The highest BCUT2D eigenvalue weighted by Crippen LogP contribution is 2.41. The van der Waals surface area contributed by atoms with Gasteiger partial charge in [-0.2, -0.15) is 0 Å². The molecule has 58 heavy (non-hydrogen) atoms. The van der Waals surface area contributed by atoms with Crippen molar-refractivity contribution < 1.29 is 38.4 Å². The Labute approximate surface area is 347 Å². The summed E-state index contributed by atoms with van der Waals surface area (Å²) in [5.74, 6) is 1.66. The number of hydrogen-bond acceptors (Lipinski definition) is 8. The molecular formula is C45H45Cl2N3O8. The number of carbonyl (C=O) groups excluding carboxylic acids is 2. The molecule has 0 radical (unpaired) electrons. The fourth-order valence-corrected chi connectivity index (χ4v) is 7.16. The van der Waals surface area contributed by atoms with Crippen LogP contribution in [0.3, 0.4) is 0 Å². The van der Waals surface area contributed by atoms with Crippen molar-refractivity contribution in [1.82, 2.24) is 15.2 Å². The number of aryl methyl sites for hydroxylation is 1. The number of hydrogen-bond donors (Lipinski definition) is 2. The third kappa shape index (κ3) is 10.2. The lowest BCUT2D eigenvalue weighted by Gasteiger charge is -2.37. The van der Waals surface area contributed by atoms with E-state index in [1.807, 2.05) is 61.7 Å². The Morgan fingerprint density at radius 3 is 2.36 bits per heavy atom. The summed E-state index contributed by atoms with van der Waals surface area (Å²) in [7, 11) is 0. The van der Waals surface area contributed by atoms with E-state index in [-0.39, 0.29) is 31.1 Å². The van der Waals surface area contributed by atoms with Gasteiger partial charge in [-0.15, -0.1) is 0 Å². The summed E-state index contributed by atoms with van der Waals surface area (Å²) in [5, 5.41) is 10.9. The first-order valence-corrected chi connectivity index (χ1v) is 19.7. The van der Waals surface area contributed by atoms with Gasteiger partial charge in [-0.05, 0) is 121 Å². The lowest BCUT2D eigenvalue weighted by molar-refractivity contribution is -0.126. The van der Waals surface area contributed by atoms with Gasteiger partial charge in [0.2, 0.25) is 5.91 Å². The molecule has 302 valence electrons. The number of nitrogens with one attached hydrogen (secondary N) is 1. The molecule has 2 aliphatic heterocycles. The van der Waals surface area contributed by atoms with Crippen molar-refractivity contribution >= 4 is 41.7 Å². The van der Waals surface area contributed by atoms with Gasteiger partial charge >= 0.3 is 6.09 Å². The number of pyridine rings is 1. The molecule has 11 nitrogen and oxygen atoms in total. The molecule has 13 heteroatoms. The second kappa shape index (κ2) is 19.1. The monoisotopic (exact) mass is 825 g/mol. The number of nitrogens with zero attached hydrogens (tertiary/aromatic N) is 2. The molecule has 7 rings (SSSR count). The lowest BCUT2D eigenvalue weighted by Crippen LogP contribution is -2.53. The standard InChI is InChI=1S/C44H43Cl2N3O6.CH2O2/c1-26(2)54-44(51)49-23-34-22-41-40(53-25-42(55-41)32-10-12-35(13-11-32)52-24-30-7-14-37(45)38(46)19-30)21-33(34)20-39(49)43(50)48-17-15-29-5-8-31(9-6-29)36-16-18-47-28(4)27(36)3;2-1-3/h5-14,16,18-19,21-22,26,39,42H,15,17,20,23-25H2,1-4H3,(H,48,50);1H,(H,2,3). The van der Waals surface area contributed by atoms with Crippen LogP contribution in [0.25, 0.3) is 11.1 Å². The van der Waals surface area contributed by atoms with Crippen molar-refractivity contribution in [2.24, 2.45) is 0 Å². The highest BCUT2D eigenvalue weighted by molar-refractivity contribution is 6.42. The van der Waals surface area contributed by atoms with E-state index in [1.165, 1.54) is 4.90 Å². The number of amides is 2. The topological polar surface area (TPSA) is 137 Å². The number of halogens is 2. The second-order valence-electron chi connectivity index (χ2n) is 14.3. The van der Waals surface area contributed by atoms with Crippen LogP contribution >= 0.6 is 23.2 Å². The Morgan fingerprint density at radius 2 is 1.66 bits per heavy atom. The predicted octanol–water partition coefficient (Wildman–Crippen LogP) is 9.10. The van der Waals surface area contributed by atoms with E-state index in [4.69, 9.17) is 52.1 Å². The minimum absolute atomic E-state index is 0.195. The maximum atomic E-state index is 13.7. The normalized spacial score (nSPS) is 15.4. The minimum atomic E-state index is -0.744. The quantitative estimate of drug-likeness (QED) is 0.132. The Hall–Kier alpha value is -5.78. The van der Waals surface area contributed by atoms with E-state index in [9.17, 15) is 9.59 Å². The molecule has 2 atom stereocenters. The Kier molecular flexibility index (Phi) is 13.8. The average molecular weight is 827 g/mol. The Bertz CT molecular complexity index is 2250. The Morgan fingerprint density at radius 1 is 0.948 bits per heavy atom. The molecule has 2 amide bonds. The number of fused-ring (bicyclic) bond motifs is 2. The highest BCUT2D eigenvalue weighted by Gasteiger charge is 2.37. The molecule has 4 aromatic carbocycles. The SMILES string of the molecule is Cc1nccc(-c2ccc(CCNC(=O)C3Cc4cc5c(cc4CN3C(=O)OC(C)C)OC(c3ccc(OCc4ccc(Cl)c(Cl)c4)cc3)CO5)cc2)c1C.O=CO. The first-order valence-electron chi connectivity index (χ1n) is 18.9. The third-order valence-electron chi connectivity index (χ3n) is 10.0. The lowest BCUT2D eigenvalue weighted by atomic mass is 9.92. The molecule has 3 heterocycles. The van der Waals surface area contributed by atoms with E-state index in [1.54, 1.807) is 26.0 Å². The molecule has 0 spiro atoms. The molecule has 0 saturated carbocycles. The summed E-state index contributed by atoms with van der Waals surface area (Å²) in [5.41, 5.74) is 9.20. The van der Waals surface area contributed by atoms with Crippen LogP contribution in [0.15, 0.2) is 91.1 Å². The first-order chi connectivity index (χ1) is 27.9. The van der Waals surface area contributed by atoms with Crippen LogP contribution in [0.5, 0.6) is 17.2 Å². The van der Waals surface area contributed by atoms with Crippen molar-refractivity contribution in [2.75, 3.05) is 13.2 Å². The number of benzene rings is 4.